The van der Waals surface area contributed by atoms with Gasteiger partial charge in [0.2, 0.25) is 0 Å². The van der Waals surface area contributed by atoms with E-state index in [4.69, 9.17) is 14.2 Å². The number of allylic oxidation sites excluding steroid dienone is 10. The molecule has 0 aliphatic heterocycles. The molecule has 0 N–H and O–H groups in total. The molecule has 0 aromatic carbocycles. The number of carbonyl (C=O) groups is 3. The van der Waals surface area contributed by atoms with Gasteiger partial charge in [0.1, 0.15) is 13.2 Å². The Morgan fingerprint density at radius 3 is 1.38 bits per heavy atom. The first-order valence-electron chi connectivity index (χ1n) is 21.8. The van der Waals surface area contributed by atoms with E-state index in [1.807, 2.05) is 6.08 Å². The van der Waals surface area contributed by atoms with E-state index < -0.39 is 6.10 Å². The summed E-state index contributed by atoms with van der Waals surface area (Å²) in [6.07, 6.45) is 49.3. The summed E-state index contributed by atoms with van der Waals surface area (Å²) < 4.78 is 16.6. The van der Waals surface area contributed by atoms with E-state index in [0.717, 1.165) is 77.0 Å². The van der Waals surface area contributed by atoms with Crippen molar-refractivity contribution in [3.8, 4) is 0 Å². The summed E-state index contributed by atoms with van der Waals surface area (Å²) >= 11 is 0. The Labute approximate surface area is 326 Å². The van der Waals surface area contributed by atoms with Crippen molar-refractivity contribution in [2.75, 3.05) is 13.2 Å². The van der Waals surface area contributed by atoms with Crippen LogP contribution in [0, 0.1) is 0 Å². The molecule has 0 heterocycles. The molecule has 1 unspecified atom stereocenters. The van der Waals surface area contributed by atoms with Crippen molar-refractivity contribution in [3.05, 3.63) is 60.8 Å². The first kappa shape index (κ1) is 50.1. The molecule has 0 rings (SSSR count). The van der Waals surface area contributed by atoms with E-state index in [0.29, 0.717) is 12.8 Å². The Balaban J connectivity index is 4.51. The van der Waals surface area contributed by atoms with Gasteiger partial charge in [-0.1, -0.05) is 165 Å². The zero-order valence-electron chi connectivity index (χ0n) is 34.5. The summed E-state index contributed by atoms with van der Waals surface area (Å²) in [7, 11) is 0. The topological polar surface area (TPSA) is 78.9 Å². The van der Waals surface area contributed by atoms with E-state index >= 15 is 0 Å². The molecule has 0 fully saturated rings. The number of carbonyl (C=O) groups excluding carboxylic acids is 3. The molecule has 0 aliphatic rings. The fraction of sp³-hybridized carbons (Fsp3) is 0.723. The van der Waals surface area contributed by atoms with Crippen LogP contribution in [0.3, 0.4) is 0 Å². The normalized spacial score (nSPS) is 12.6. The summed E-state index contributed by atoms with van der Waals surface area (Å²) in [5, 5.41) is 0. The van der Waals surface area contributed by atoms with Crippen molar-refractivity contribution in [2.24, 2.45) is 0 Å². The predicted molar refractivity (Wildman–Crippen MR) is 224 cm³/mol. The lowest BCUT2D eigenvalue weighted by molar-refractivity contribution is -0.166. The first-order chi connectivity index (χ1) is 26.0. The average Bonchev–Trinajstić information content (AvgIpc) is 3.15. The molecule has 304 valence electrons. The van der Waals surface area contributed by atoms with Crippen LogP contribution in [-0.4, -0.2) is 37.2 Å². The van der Waals surface area contributed by atoms with Gasteiger partial charge in [0, 0.05) is 19.3 Å². The largest absolute Gasteiger partial charge is 0.462 e. The summed E-state index contributed by atoms with van der Waals surface area (Å²) in [4.78, 5) is 37.6. The predicted octanol–water partition coefficient (Wildman–Crippen LogP) is 13.7. The minimum absolute atomic E-state index is 0.107. The molecule has 0 spiro atoms. The zero-order valence-corrected chi connectivity index (χ0v) is 34.5. The maximum Gasteiger partial charge on any atom is 0.306 e. The van der Waals surface area contributed by atoms with E-state index in [2.05, 4.69) is 75.5 Å². The first-order valence-corrected chi connectivity index (χ1v) is 21.8. The van der Waals surface area contributed by atoms with Crippen molar-refractivity contribution < 1.29 is 28.6 Å². The van der Waals surface area contributed by atoms with E-state index in [1.165, 1.54) is 77.0 Å². The highest BCUT2D eigenvalue weighted by atomic mass is 16.6. The second-order valence-electron chi connectivity index (χ2n) is 14.3. The molecule has 1 atom stereocenters. The molecule has 0 saturated carbocycles. The lowest BCUT2D eigenvalue weighted by Gasteiger charge is -2.18. The van der Waals surface area contributed by atoms with Gasteiger partial charge in [0.15, 0.2) is 6.10 Å². The van der Waals surface area contributed by atoms with E-state index in [1.54, 1.807) is 0 Å². The summed E-state index contributed by atoms with van der Waals surface area (Å²) in [5.41, 5.74) is 0. The maximum atomic E-state index is 12.7. The van der Waals surface area contributed by atoms with Crippen LogP contribution in [0.15, 0.2) is 60.8 Å². The number of ether oxygens (including phenoxy) is 3. The Hall–Kier alpha value is -2.89. The minimum atomic E-state index is -0.810. The molecular formula is C47H80O6. The molecule has 0 radical (unpaired) electrons. The van der Waals surface area contributed by atoms with Crippen LogP contribution in [0.4, 0.5) is 0 Å². The Morgan fingerprint density at radius 1 is 0.396 bits per heavy atom. The lowest BCUT2D eigenvalue weighted by Crippen LogP contribution is -2.30. The van der Waals surface area contributed by atoms with E-state index in [-0.39, 0.29) is 44.0 Å². The molecule has 6 nitrogen and oxygen atoms in total. The van der Waals surface area contributed by atoms with Gasteiger partial charge < -0.3 is 14.2 Å². The van der Waals surface area contributed by atoms with Crippen molar-refractivity contribution in [1.29, 1.82) is 0 Å². The summed E-state index contributed by atoms with van der Waals surface area (Å²) in [5.74, 6) is -1.02. The molecule has 0 bridgehead atoms. The zero-order chi connectivity index (χ0) is 38.7. The third-order valence-corrected chi connectivity index (χ3v) is 9.01. The number of rotatable bonds is 38. The smallest absolute Gasteiger partial charge is 0.306 e. The second-order valence-corrected chi connectivity index (χ2v) is 14.3. The highest BCUT2D eigenvalue weighted by Gasteiger charge is 2.19. The Bertz CT molecular complexity index is 991. The van der Waals surface area contributed by atoms with Crippen LogP contribution in [0.25, 0.3) is 0 Å². The molecule has 53 heavy (non-hydrogen) atoms. The van der Waals surface area contributed by atoms with Gasteiger partial charge in [0.25, 0.3) is 0 Å². The van der Waals surface area contributed by atoms with Gasteiger partial charge in [-0.05, 0) is 77.0 Å². The van der Waals surface area contributed by atoms with E-state index in [9.17, 15) is 14.4 Å². The fourth-order valence-electron chi connectivity index (χ4n) is 5.63. The standard InChI is InChI=1S/C47H80O6/c1-4-7-10-13-16-19-22-23-26-28-31-34-37-40-46(49)52-43-44(53-47(50)41-38-35-32-29-25-21-18-15-12-9-6-3)42-51-45(48)39-36-33-30-27-24-20-17-14-11-8-5-2/h14-15,17-18,21,23,25-26,31,34,44H,4-13,16,19-20,22,24,27-30,32-33,35-43H2,1-3H3/b17-14-,18-15-,25-21-,26-23-,34-31-. The van der Waals surface area contributed by atoms with Crippen molar-refractivity contribution >= 4 is 17.9 Å². The van der Waals surface area contributed by atoms with Crippen LogP contribution < -0.4 is 0 Å². The van der Waals surface area contributed by atoms with Gasteiger partial charge in [-0.15, -0.1) is 0 Å². The van der Waals surface area contributed by atoms with Crippen molar-refractivity contribution in [1.82, 2.24) is 0 Å². The molecule has 6 heteroatoms. The Morgan fingerprint density at radius 2 is 0.792 bits per heavy atom. The molecule has 0 aliphatic carbocycles. The molecular weight excluding hydrogens is 661 g/mol. The van der Waals surface area contributed by atoms with Gasteiger partial charge in [-0.3, -0.25) is 14.4 Å². The number of hydrogen-bond acceptors (Lipinski definition) is 6. The van der Waals surface area contributed by atoms with Crippen LogP contribution in [0.2, 0.25) is 0 Å². The number of hydrogen-bond donors (Lipinski definition) is 0. The quantitative estimate of drug-likeness (QED) is 0.0206. The van der Waals surface area contributed by atoms with Gasteiger partial charge in [0.05, 0.1) is 0 Å². The molecule has 0 saturated heterocycles. The average molecular weight is 741 g/mol. The van der Waals surface area contributed by atoms with Crippen LogP contribution in [-0.2, 0) is 28.6 Å². The number of unbranched alkanes of at least 4 members (excludes halogenated alkanes) is 18. The highest BCUT2D eigenvalue weighted by molar-refractivity contribution is 5.71. The van der Waals surface area contributed by atoms with Crippen molar-refractivity contribution in [2.45, 2.75) is 207 Å². The summed E-state index contributed by atoms with van der Waals surface area (Å²) in [6, 6.07) is 0. The SMILES string of the molecule is CCCC/C=C\C=C/CCCCCC(=O)OC(COC(=O)CC/C=C\C/C=C\CCCCCCCC)COC(=O)CCCCCCC/C=C\CCCC. The van der Waals surface area contributed by atoms with Crippen LogP contribution >= 0.6 is 0 Å². The summed E-state index contributed by atoms with van der Waals surface area (Å²) in [6.45, 7) is 6.43. The van der Waals surface area contributed by atoms with Crippen LogP contribution in [0.5, 0.6) is 0 Å². The van der Waals surface area contributed by atoms with Crippen molar-refractivity contribution in [3.63, 3.8) is 0 Å². The maximum absolute atomic E-state index is 12.7. The molecule has 0 amide bonds. The Kier molecular flexibility index (Phi) is 39.6. The minimum Gasteiger partial charge on any atom is -0.462 e. The van der Waals surface area contributed by atoms with Gasteiger partial charge >= 0.3 is 17.9 Å². The van der Waals surface area contributed by atoms with Gasteiger partial charge in [-0.25, -0.2) is 0 Å². The second kappa shape index (κ2) is 41.9. The monoisotopic (exact) mass is 741 g/mol. The third-order valence-electron chi connectivity index (χ3n) is 9.01. The molecule has 0 aromatic rings. The third kappa shape index (κ3) is 40.1. The van der Waals surface area contributed by atoms with Crippen LogP contribution in [0.1, 0.15) is 201 Å². The lowest BCUT2D eigenvalue weighted by atomic mass is 10.1. The number of esters is 3. The van der Waals surface area contributed by atoms with Gasteiger partial charge in [-0.2, -0.15) is 0 Å². The fourth-order valence-corrected chi connectivity index (χ4v) is 5.63. The highest BCUT2D eigenvalue weighted by Crippen LogP contribution is 2.12. The molecule has 0 aromatic heterocycles.